The Morgan fingerprint density at radius 3 is 2.83 bits per heavy atom. The van der Waals surface area contributed by atoms with E-state index < -0.39 is 0 Å². The fourth-order valence-corrected chi connectivity index (χ4v) is 2.81. The predicted octanol–water partition coefficient (Wildman–Crippen LogP) is 3.35. The summed E-state index contributed by atoms with van der Waals surface area (Å²) in [6.07, 6.45) is 6.39. The van der Waals surface area contributed by atoms with Crippen LogP contribution in [0.1, 0.15) is 39.8 Å². The van der Waals surface area contributed by atoms with Crippen molar-refractivity contribution in [2.45, 2.75) is 46.6 Å². The fourth-order valence-electron chi connectivity index (χ4n) is 2.09. The fraction of sp³-hybridized carbons (Fsp3) is 0.643. The molecular weight excluding hydrogens is 242 g/mol. The second kappa shape index (κ2) is 5.41. The van der Waals surface area contributed by atoms with Crippen molar-refractivity contribution >= 4 is 16.3 Å². The lowest BCUT2D eigenvalue weighted by Gasteiger charge is -2.31. The van der Waals surface area contributed by atoms with E-state index in [9.17, 15) is 0 Å². The Labute approximate surface area is 113 Å². The number of imidazole rings is 1. The lowest BCUT2D eigenvalue weighted by atomic mass is 9.84. The second-order valence-corrected chi connectivity index (χ2v) is 6.77. The van der Waals surface area contributed by atoms with Crippen LogP contribution in [0.15, 0.2) is 17.8 Å². The molecule has 0 aromatic carbocycles. The molecule has 2 aromatic heterocycles. The molecule has 1 unspecified atom stereocenters. The van der Waals surface area contributed by atoms with E-state index in [0.717, 1.165) is 17.9 Å². The van der Waals surface area contributed by atoms with Crippen LogP contribution in [0.4, 0.5) is 0 Å². The third kappa shape index (κ3) is 3.12. The molecule has 100 valence electrons. The minimum absolute atomic E-state index is 0.256. The van der Waals surface area contributed by atoms with E-state index in [0.29, 0.717) is 6.04 Å². The number of fused-ring (bicyclic) bond motifs is 1. The van der Waals surface area contributed by atoms with Crippen LogP contribution in [0.2, 0.25) is 0 Å². The molecule has 0 bridgehead atoms. The van der Waals surface area contributed by atoms with Gasteiger partial charge in [-0.05, 0) is 18.4 Å². The quantitative estimate of drug-likeness (QED) is 0.898. The Morgan fingerprint density at radius 2 is 2.22 bits per heavy atom. The maximum Gasteiger partial charge on any atom is 0.193 e. The van der Waals surface area contributed by atoms with Crippen molar-refractivity contribution in [3.05, 3.63) is 23.5 Å². The maximum absolute atomic E-state index is 4.68. The van der Waals surface area contributed by atoms with Gasteiger partial charge in [-0.1, -0.05) is 27.7 Å². The molecule has 2 heterocycles. The zero-order chi connectivity index (χ0) is 13.2. The summed E-state index contributed by atoms with van der Waals surface area (Å²) in [6, 6.07) is 0.474. The Bertz CT molecular complexity index is 464. The Morgan fingerprint density at radius 1 is 1.44 bits per heavy atom. The topological polar surface area (TPSA) is 29.3 Å². The van der Waals surface area contributed by atoms with Crippen LogP contribution in [-0.4, -0.2) is 22.0 Å². The molecule has 4 heteroatoms. The summed E-state index contributed by atoms with van der Waals surface area (Å²) < 4.78 is 2.11. The van der Waals surface area contributed by atoms with Gasteiger partial charge in [-0.25, -0.2) is 4.98 Å². The van der Waals surface area contributed by atoms with Gasteiger partial charge in [0, 0.05) is 30.2 Å². The normalized spacial score (nSPS) is 14.2. The van der Waals surface area contributed by atoms with Crippen molar-refractivity contribution in [3.8, 4) is 0 Å². The Balaban J connectivity index is 2.10. The standard InChI is InChI=1S/C14H23N3S/c1-5-6-15-12(14(2,3)4)9-11-10-17-7-8-18-13(17)16-11/h7-8,10,12,15H,5-6,9H2,1-4H3. The molecule has 0 aliphatic heterocycles. The monoisotopic (exact) mass is 265 g/mol. The molecule has 1 N–H and O–H groups in total. The molecule has 18 heavy (non-hydrogen) atoms. The molecule has 0 saturated heterocycles. The minimum atomic E-state index is 0.256. The number of rotatable bonds is 5. The molecule has 0 amide bonds. The first-order valence-corrected chi connectivity index (χ1v) is 7.53. The lowest BCUT2D eigenvalue weighted by Crippen LogP contribution is -2.42. The third-order valence-electron chi connectivity index (χ3n) is 3.24. The van der Waals surface area contributed by atoms with Crippen LogP contribution in [0.5, 0.6) is 0 Å². The first-order chi connectivity index (χ1) is 8.50. The van der Waals surface area contributed by atoms with Crippen LogP contribution < -0.4 is 5.32 Å². The average molecular weight is 265 g/mol. The summed E-state index contributed by atoms with van der Waals surface area (Å²) in [5, 5.41) is 5.72. The van der Waals surface area contributed by atoms with Crippen LogP contribution in [0.25, 0.3) is 4.96 Å². The first-order valence-electron chi connectivity index (χ1n) is 6.65. The van der Waals surface area contributed by atoms with Gasteiger partial charge in [0.05, 0.1) is 5.69 Å². The minimum Gasteiger partial charge on any atom is -0.313 e. The number of thiazole rings is 1. The summed E-state index contributed by atoms with van der Waals surface area (Å²) in [5.74, 6) is 0. The number of hydrogen-bond donors (Lipinski definition) is 1. The van der Waals surface area contributed by atoms with E-state index in [-0.39, 0.29) is 5.41 Å². The van der Waals surface area contributed by atoms with Crippen molar-refractivity contribution < 1.29 is 0 Å². The number of aromatic nitrogens is 2. The van der Waals surface area contributed by atoms with Crippen molar-refractivity contribution in [1.29, 1.82) is 0 Å². The van der Waals surface area contributed by atoms with Gasteiger partial charge in [0.15, 0.2) is 4.96 Å². The maximum atomic E-state index is 4.68. The van der Waals surface area contributed by atoms with Gasteiger partial charge < -0.3 is 5.32 Å². The number of nitrogens with one attached hydrogen (secondary N) is 1. The van der Waals surface area contributed by atoms with E-state index >= 15 is 0 Å². The molecular formula is C14H23N3S. The molecule has 0 saturated carbocycles. The summed E-state index contributed by atoms with van der Waals surface area (Å²) in [4.78, 5) is 5.77. The zero-order valence-electron chi connectivity index (χ0n) is 11.7. The van der Waals surface area contributed by atoms with E-state index in [4.69, 9.17) is 0 Å². The molecule has 0 spiro atoms. The molecule has 1 atom stereocenters. The Kier molecular flexibility index (Phi) is 4.07. The highest BCUT2D eigenvalue weighted by Gasteiger charge is 2.25. The average Bonchev–Trinajstić information content (AvgIpc) is 2.82. The molecule has 0 aliphatic rings. The summed E-state index contributed by atoms with van der Waals surface area (Å²) >= 11 is 1.69. The van der Waals surface area contributed by atoms with Crippen molar-refractivity contribution in [2.75, 3.05) is 6.54 Å². The van der Waals surface area contributed by atoms with Gasteiger partial charge in [0.25, 0.3) is 0 Å². The highest BCUT2D eigenvalue weighted by Crippen LogP contribution is 2.23. The van der Waals surface area contributed by atoms with Gasteiger partial charge in [0.2, 0.25) is 0 Å². The van der Waals surface area contributed by atoms with Crippen LogP contribution >= 0.6 is 11.3 Å². The zero-order valence-corrected chi connectivity index (χ0v) is 12.5. The van der Waals surface area contributed by atoms with Gasteiger partial charge in [-0.2, -0.15) is 0 Å². The Hall–Kier alpha value is -0.870. The van der Waals surface area contributed by atoms with Crippen molar-refractivity contribution in [2.24, 2.45) is 5.41 Å². The number of hydrogen-bond acceptors (Lipinski definition) is 3. The third-order valence-corrected chi connectivity index (χ3v) is 4.01. The highest BCUT2D eigenvalue weighted by molar-refractivity contribution is 7.15. The first kappa shape index (κ1) is 13.6. The van der Waals surface area contributed by atoms with Gasteiger partial charge in [-0.15, -0.1) is 11.3 Å². The summed E-state index contributed by atoms with van der Waals surface area (Å²) in [5.41, 5.74) is 1.44. The molecule has 0 radical (unpaired) electrons. The number of nitrogens with zero attached hydrogens (tertiary/aromatic N) is 2. The van der Waals surface area contributed by atoms with Crippen molar-refractivity contribution in [3.63, 3.8) is 0 Å². The predicted molar refractivity (Wildman–Crippen MR) is 78.3 cm³/mol. The molecule has 2 rings (SSSR count). The van der Waals surface area contributed by atoms with E-state index in [2.05, 4.69) is 60.2 Å². The summed E-state index contributed by atoms with van der Waals surface area (Å²) in [6.45, 7) is 10.2. The van der Waals surface area contributed by atoms with E-state index in [1.807, 2.05) is 0 Å². The van der Waals surface area contributed by atoms with E-state index in [1.165, 1.54) is 12.1 Å². The van der Waals surface area contributed by atoms with Gasteiger partial charge in [-0.3, -0.25) is 4.40 Å². The highest BCUT2D eigenvalue weighted by atomic mass is 32.1. The smallest absolute Gasteiger partial charge is 0.193 e. The van der Waals surface area contributed by atoms with Gasteiger partial charge in [0.1, 0.15) is 0 Å². The van der Waals surface area contributed by atoms with Crippen molar-refractivity contribution in [1.82, 2.24) is 14.7 Å². The lowest BCUT2D eigenvalue weighted by molar-refractivity contribution is 0.265. The van der Waals surface area contributed by atoms with Crippen LogP contribution in [-0.2, 0) is 6.42 Å². The molecule has 0 aliphatic carbocycles. The second-order valence-electron chi connectivity index (χ2n) is 5.90. The van der Waals surface area contributed by atoms with Gasteiger partial charge >= 0.3 is 0 Å². The van der Waals surface area contributed by atoms with Crippen LogP contribution in [0, 0.1) is 5.41 Å². The molecule has 3 nitrogen and oxygen atoms in total. The molecule has 0 fully saturated rings. The largest absolute Gasteiger partial charge is 0.313 e. The summed E-state index contributed by atoms with van der Waals surface area (Å²) in [7, 11) is 0. The van der Waals surface area contributed by atoms with Crippen LogP contribution in [0.3, 0.4) is 0 Å². The van der Waals surface area contributed by atoms with E-state index in [1.54, 1.807) is 11.3 Å². The SMILES string of the molecule is CCCNC(Cc1cn2ccsc2n1)C(C)(C)C. The molecule has 2 aromatic rings.